The highest BCUT2D eigenvalue weighted by Gasteiger charge is 2.07. The fourth-order valence-electron chi connectivity index (χ4n) is 0.932. The number of amides is 1. The number of ether oxygens (including phenoxy) is 1. The predicted molar refractivity (Wildman–Crippen MR) is 54.1 cm³/mol. The fraction of sp³-hybridized carbons (Fsp3) is 0.889. The Morgan fingerprint density at radius 2 is 2.29 bits per heavy atom. The molecular formula is C9H20N2O3. The Kier molecular flexibility index (Phi) is 8.51. The maximum atomic E-state index is 11.2. The van der Waals surface area contributed by atoms with Gasteiger partial charge in [0.15, 0.2) is 0 Å². The van der Waals surface area contributed by atoms with Gasteiger partial charge < -0.3 is 20.5 Å². The minimum Gasteiger partial charge on any atom is -0.394 e. The van der Waals surface area contributed by atoms with Gasteiger partial charge in [0.25, 0.3) is 0 Å². The van der Waals surface area contributed by atoms with Crippen LogP contribution in [0.1, 0.15) is 13.3 Å². The molecule has 1 unspecified atom stereocenters. The van der Waals surface area contributed by atoms with E-state index >= 15 is 0 Å². The first-order valence-electron chi connectivity index (χ1n) is 4.84. The van der Waals surface area contributed by atoms with Crippen LogP contribution in [-0.4, -0.2) is 50.5 Å². The van der Waals surface area contributed by atoms with Gasteiger partial charge >= 0.3 is 0 Å². The minimum atomic E-state index is -0.133. The molecule has 0 saturated carbocycles. The van der Waals surface area contributed by atoms with Crippen molar-refractivity contribution in [3.05, 3.63) is 0 Å². The monoisotopic (exact) mass is 204 g/mol. The smallest absolute Gasteiger partial charge is 0.234 e. The van der Waals surface area contributed by atoms with Crippen molar-refractivity contribution in [2.75, 3.05) is 33.4 Å². The number of nitrogens with one attached hydrogen (secondary N) is 2. The van der Waals surface area contributed by atoms with Gasteiger partial charge in [0, 0.05) is 13.7 Å². The van der Waals surface area contributed by atoms with Crippen LogP contribution < -0.4 is 10.6 Å². The molecule has 0 aromatic carbocycles. The molecular weight excluding hydrogens is 184 g/mol. The Bertz CT molecular complexity index is 149. The maximum Gasteiger partial charge on any atom is 0.234 e. The number of rotatable bonds is 8. The van der Waals surface area contributed by atoms with E-state index in [1.54, 1.807) is 7.11 Å². The van der Waals surface area contributed by atoms with Crippen molar-refractivity contribution in [3.63, 3.8) is 0 Å². The van der Waals surface area contributed by atoms with Gasteiger partial charge in [0.05, 0.1) is 25.8 Å². The quantitative estimate of drug-likeness (QED) is 0.449. The molecule has 0 fully saturated rings. The van der Waals surface area contributed by atoms with Gasteiger partial charge in [-0.2, -0.15) is 0 Å². The molecule has 0 aliphatic carbocycles. The summed E-state index contributed by atoms with van der Waals surface area (Å²) in [5.41, 5.74) is 0. The first-order chi connectivity index (χ1) is 6.74. The zero-order valence-electron chi connectivity index (χ0n) is 8.88. The molecule has 3 N–H and O–H groups in total. The van der Waals surface area contributed by atoms with Crippen LogP contribution >= 0.6 is 0 Å². The Balaban J connectivity index is 3.44. The van der Waals surface area contributed by atoms with Crippen molar-refractivity contribution in [1.29, 1.82) is 0 Å². The lowest BCUT2D eigenvalue weighted by Gasteiger charge is -2.13. The molecule has 0 saturated heterocycles. The summed E-state index contributed by atoms with van der Waals surface area (Å²) in [5.74, 6) is -0.0954. The summed E-state index contributed by atoms with van der Waals surface area (Å²) in [7, 11) is 1.61. The van der Waals surface area contributed by atoms with Crippen molar-refractivity contribution in [3.8, 4) is 0 Å². The van der Waals surface area contributed by atoms with Gasteiger partial charge in [-0.1, -0.05) is 6.92 Å². The standard InChI is InChI=1S/C9H20N2O3/c1-3-8(7-12)11-9(13)6-10-4-5-14-2/h8,10,12H,3-7H2,1-2H3,(H,11,13). The zero-order chi connectivity index (χ0) is 10.8. The molecule has 0 aromatic rings. The highest BCUT2D eigenvalue weighted by atomic mass is 16.5. The predicted octanol–water partition coefficient (Wildman–Crippen LogP) is -0.890. The molecule has 1 amide bonds. The highest BCUT2D eigenvalue weighted by Crippen LogP contribution is 1.87. The third kappa shape index (κ3) is 6.82. The number of carbonyl (C=O) groups excluding carboxylic acids is 1. The normalized spacial score (nSPS) is 12.5. The van der Waals surface area contributed by atoms with Gasteiger partial charge in [0.1, 0.15) is 0 Å². The lowest BCUT2D eigenvalue weighted by molar-refractivity contribution is -0.121. The lowest BCUT2D eigenvalue weighted by atomic mass is 10.2. The van der Waals surface area contributed by atoms with Crippen LogP contribution in [0.3, 0.4) is 0 Å². The van der Waals surface area contributed by atoms with Crippen molar-refractivity contribution >= 4 is 5.91 Å². The van der Waals surface area contributed by atoms with E-state index in [1.165, 1.54) is 0 Å². The summed E-state index contributed by atoms with van der Waals surface area (Å²) < 4.78 is 4.81. The van der Waals surface area contributed by atoms with Gasteiger partial charge in [-0.3, -0.25) is 4.79 Å². The molecule has 5 nitrogen and oxygen atoms in total. The van der Waals surface area contributed by atoms with Crippen molar-refractivity contribution < 1.29 is 14.6 Å². The van der Waals surface area contributed by atoms with Crippen LogP contribution in [0, 0.1) is 0 Å². The molecule has 14 heavy (non-hydrogen) atoms. The largest absolute Gasteiger partial charge is 0.394 e. The third-order valence-corrected chi connectivity index (χ3v) is 1.85. The second-order valence-corrected chi connectivity index (χ2v) is 3.02. The summed E-state index contributed by atoms with van der Waals surface area (Å²) in [6, 6.07) is -0.133. The van der Waals surface area contributed by atoms with Gasteiger partial charge in [0.2, 0.25) is 5.91 Å². The Hall–Kier alpha value is -0.650. The Morgan fingerprint density at radius 3 is 2.79 bits per heavy atom. The number of hydrogen-bond acceptors (Lipinski definition) is 4. The van der Waals surface area contributed by atoms with Gasteiger partial charge in [-0.05, 0) is 6.42 Å². The maximum absolute atomic E-state index is 11.2. The van der Waals surface area contributed by atoms with Crippen LogP contribution in [0.2, 0.25) is 0 Å². The van der Waals surface area contributed by atoms with E-state index in [-0.39, 0.29) is 25.1 Å². The Morgan fingerprint density at radius 1 is 1.57 bits per heavy atom. The lowest BCUT2D eigenvalue weighted by Crippen LogP contribution is -2.42. The second-order valence-electron chi connectivity index (χ2n) is 3.02. The van der Waals surface area contributed by atoms with E-state index in [4.69, 9.17) is 9.84 Å². The second kappa shape index (κ2) is 8.93. The van der Waals surface area contributed by atoms with Crippen molar-refractivity contribution in [2.45, 2.75) is 19.4 Å². The molecule has 0 aromatic heterocycles. The molecule has 0 radical (unpaired) electrons. The SMILES string of the molecule is CCC(CO)NC(=O)CNCCOC. The van der Waals surface area contributed by atoms with Crippen molar-refractivity contribution in [2.24, 2.45) is 0 Å². The van der Waals surface area contributed by atoms with E-state index in [2.05, 4.69) is 10.6 Å². The summed E-state index contributed by atoms with van der Waals surface area (Å²) in [6.45, 7) is 3.41. The number of methoxy groups -OCH3 is 1. The van der Waals surface area contributed by atoms with E-state index in [9.17, 15) is 4.79 Å². The number of aliphatic hydroxyl groups is 1. The topological polar surface area (TPSA) is 70.6 Å². The molecule has 0 spiro atoms. The number of aliphatic hydroxyl groups excluding tert-OH is 1. The molecule has 1 atom stereocenters. The molecule has 0 rings (SSSR count). The Labute approximate surface area is 84.8 Å². The molecule has 84 valence electrons. The minimum absolute atomic E-state index is 0.0136. The number of hydrogen-bond donors (Lipinski definition) is 3. The first kappa shape index (κ1) is 13.4. The molecule has 5 heteroatoms. The zero-order valence-corrected chi connectivity index (χ0v) is 8.88. The van der Waals surface area contributed by atoms with Crippen LogP contribution in [-0.2, 0) is 9.53 Å². The van der Waals surface area contributed by atoms with Gasteiger partial charge in [-0.25, -0.2) is 0 Å². The van der Waals surface area contributed by atoms with Crippen LogP contribution in [0.5, 0.6) is 0 Å². The summed E-state index contributed by atoms with van der Waals surface area (Å²) in [4.78, 5) is 11.2. The molecule has 0 aliphatic rings. The first-order valence-corrected chi connectivity index (χ1v) is 4.84. The molecule has 0 bridgehead atoms. The summed E-state index contributed by atoms with van der Waals surface area (Å²) >= 11 is 0. The van der Waals surface area contributed by atoms with Crippen molar-refractivity contribution in [1.82, 2.24) is 10.6 Å². The average molecular weight is 204 g/mol. The van der Waals surface area contributed by atoms with E-state index in [1.807, 2.05) is 6.92 Å². The molecule has 0 heterocycles. The van der Waals surface area contributed by atoms with Crippen LogP contribution in [0.15, 0.2) is 0 Å². The van der Waals surface area contributed by atoms with E-state index in [0.717, 1.165) is 6.42 Å². The molecule has 0 aliphatic heterocycles. The highest BCUT2D eigenvalue weighted by molar-refractivity contribution is 5.78. The van der Waals surface area contributed by atoms with E-state index < -0.39 is 0 Å². The number of carbonyl (C=O) groups is 1. The average Bonchev–Trinajstić information content (AvgIpc) is 2.21. The summed E-state index contributed by atoms with van der Waals surface area (Å²) in [6.07, 6.45) is 0.736. The van der Waals surface area contributed by atoms with Gasteiger partial charge in [-0.15, -0.1) is 0 Å². The third-order valence-electron chi connectivity index (χ3n) is 1.85. The van der Waals surface area contributed by atoms with Crippen LogP contribution in [0.4, 0.5) is 0 Å². The fourth-order valence-corrected chi connectivity index (χ4v) is 0.932. The summed E-state index contributed by atoms with van der Waals surface area (Å²) in [5, 5.41) is 14.5. The van der Waals surface area contributed by atoms with E-state index in [0.29, 0.717) is 13.2 Å². The van der Waals surface area contributed by atoms with Crippen LogP contribution in [0.25, 0.3) is 0 Å².